The number of hydrogen-bond acceptors (Lipinski definition) is 3. The molecule has 0 rings (SSSR count). The van der Waals surface area contributed by atoms with Gasteiger partial charge in [0.1, 0.15) is 0 Å². The summed E-state index contributed by atoms with van der Waals surface area (Å²) in [4.78, 5) is 0. The van der Waals surface area contributed by atoms with Crippen molar-refractivity contribution in [3.8, 4) is 0 Å². The zero-order valence-corrected chi connectivity index (χ0v) is 29.1. The number of hydrogen-bond donors (Lipinski definition) is 1. The van der Waals surface area contributed by atoms with Crippen LogP contribution in [-0.2, 0) is 9.47 Å². The maximum atomic E-state index is 10.3. The van der Waals surface area contributed by atoms with E-state index < -0.39 is 6.29 Å². The first-order chi connectivity index (χ1) is 21.2. The van der Waals surface area contributed by atoms with Crippen LogP contribution in [0.25, 0.3) is 0 Å². The maximum Gasteiger partial charge on any atom is 0.159 e. The second-order valence-electron chi connectivity index (χ2n) is 12.5. The third-order valence-corrected chi connectivity index (χ3v) is 7.99. The Kier molecular flexibility index (Phi) is 36.0. The fourth-order valence-electron chi connectivity index (χ4n) is 5.00. The van der Waals surface area contributed by atoms with Gasteiger partial charge in [-0.25, -0.2) is 0 Å². The summed E-state index contributed by atoms with van der Waals surface area (Å²) in [5.74, 6) is 0.0224. The van der Waals surface area contributed by atoms with Crippen molar-refractivity contribution < 1.29 is 14.6 Å². The molecule has 0 bridgehead atoms. The molecular weight excluding hydrogens is 528 g/mol. The van der Waals surface area contributed by atoms with Gasteiger partial charge in [-0.2, -0.15) is 0 Å². The lowest BCUT2D eigenvalue weighted by atomic mass is 10.1. The topological polar surface area (TPSA) is 38.7 Å². The van der Waals surface area contributed by atoms with Crippen LogP contribution in [0.4, 0.5) is 0 Å². The molecule has 0 heterocycles. The highest BCUT2D eigenvalue weighted by Gasteiger charge is 2.14. The first kappa shape index (κ1) is 41.8. The Labute approximate surface area is 269 Å². The highest BCUT2D eigenvalue weighted by Crippen LogP contribution is 2.12. The second kappa shape index (κ2) is 37.0. The fourth-order valence-corrected chi connectivity index (χ4v) is 5.00. The molecule has 2 atom stereocenters. The minimum Gasteiger partial charge on any atom is -0.381 e. The highest BCUT2D eigenvalue weighted by atomic mass is 16.6. The molecule has 3 nitrogen and oxygen atoms in total. The third-order valence-electron chi connectivity index (χ3n) is 7.99. The third kappa shape index (κ3) is 35.2. The quantitative estimate of drug-likeness (QED) is 0.0452. The Balaban J connectivity index is 3.38. The van der Waals surface area contributed by atoms with E-state index in [0.717, 1.165) is 32.3 Å². The van der Waals surface area contributed by atoms with Crippen LogP contribution in [0, 0.1) is 5.92 Å². The molecule has 0 aliphatic carbocycles. The number of ether oxygens (including phenoxy) is 2. The lowest BCUT2D eigenvalue weighted by molar-refractivity contribution is -0.143. The summed E-state index contributed by atoms with van der Waals surface area (Å²) in [6.07, 6.45) is 47.9. The first-order valence-corrected chi connectivity index (χ1v) is 18.7. The van der Waals surface area contributed by atoms with Crippen molar-refractivity contribution in [2.24, 2.45) is 5.92 Å². The van der Waals surface area contributed by atoms with E-state index in [-0.39, 0.29) is 5.92 Å². The number of rotatable bonds is 34. The van der Waals surface area contributed by atoms with Crippen molar-refractivity contribution >= 4 is 0 Å². The Hall–Kier alpha value is -1.16. The molecule has 0 radical (unpaired) electrons. The molecule has 0 amide bonds. The van der Waals surface area contributed by atoms with Crippen molar-refractivity contribution in [1.29, 1.82) is 0 Å². The van der Waals surface area contributed by atoms with Crippen LogP contribution in [0.2, 0.25) is 0 Å². The van der Waals surface area contributed by atoms with E-state index in [4.69, 9.17) is 9.47 Å². The van der Waals surface area contributed by atoms with Gasteiger partial charge in [-0.15, -0.1) is 0 Å². The van der Waals surface area contributed by atoms with Crippen molar-refractivity contribution in [2.75, 3.05) is 19.8 Å². The van der Waals surface area contributed by atoms with E-state index in [9.17, 15) is 5.11 Å². The summed E-state index contributed by atoms with van der Waals surface area (Å²) >= 11 is 0. The molecule has 1 N–H and O–H groups in total. The lowest BCUT2D eigenvalue weighted by Crippen LogP contribution is -2.26. The Morgan fingerprint density at radius 2 is 0.837 bits per heavy atom. The van der Waals surface area contributed by atoms with Gasteiger partial charge >= 0.3 is 0 Å². The monoisotopic (exact) mass is 603 g/mol. The molecule has 0 aliphatic rings. The first-order valence-electron chi connectivity index (χ1n) is 18.7. The summed E-state index contributed by atoms with van der Waals surface area (Å²) in [6.45, 7) is 8.54. The Morgan fingerprint density at radius 3 is 1.28 bits per heavy atom. The number of allylic oxidation sites excluding steroid dienone is 8. The zero-order chi connectivity index (χ0) is 31.3. The normalized spacial score (nSPS) is 13.9. The second-order valence-corrected chi connectivity index (χ2v) is 12.5. The zero-order valence-electron chi connectivity index (χ0n) is 29.1. The van der Waals surface area contributed by atoms with Gasteiger partial charge in [0.05, 0.1) is 6.61 Å². The van der Waals surface area contributed by atoms with Gasteiger partial charge in [0, 0.05) is 19.1 Å². The standard InChI is InChI=1S/C40H74O3/c1-4-6-8-10-12-14-16-18-20-22-24-26-28-30-32-34-36-42-38-39(3)40(41)43-37-35-33-31-29-27-25-23-21-19-17-15-13-11-9-7-5-2/h12-15,18-21,39-41H,4-11,16-17,22-38H2,1-3H3/b14-12-,15-13?,20-18-,21-19-. The minimum atomic E-state index is -0.714. The van der Waals surface area contributed by atoms with E-state index in [2.05, 4.69) is 62.5 Å². The predicted molar refractivity (Wildman–Crippen MR) is 191 cm³/mol. The Morgan fingerprint density at radius 1 is 0.465 bits per heavy atom. The van der Waals surface area contributed by atoms with Gasteiger partial charge in [0.2, 0.25) is 0 Å². The van der Waals surface area contributed by atoms with Gasteiger partial charge in [0.25, 0.3) is 0 Å². The maximum absolute atomic E-state index is 10.3. The van der Waals surface area contributed by atoms with Gasteiger partial charge in [-0.1, -0.05) is 146 Å². The van der Waals surface area contributed by atoms with Crippen molar-refractivity contribution in [2.45, 2.75) is 181 Å². The van der Waals surface area contributed by atoms with Crippen LogP contribution in [0.3, 0.4) is 0 Å². The Bertz CT molecular complexity index is 636. The van der Waals surface area contributed by atoms with Crippen LogP contribution in [0.5, 0.6) is 0 Å². The van der Waals surface area contributed by atoms with E-state index >= 15 is 0 Å². The van der Waals surface area contributed by atoms with E-state index in [1.54, 1.807) is 0 Å². The van der Waals surface area contributed by atoms with Crippen molar-refractivity contribution in [1.82, 2.24) is 0 Å². The molecular formula is C40H74O3. The molecule has 2 unspecified atom stereocenters. The molecule has 3 heteroatoms. The molecule has 0 aromatic rings. The summed E-state index contributed by atoms with van der Waals surface area (Å²) < 4.78 is 11.5. The lowest BCUT2D eigenvalue weighted by Gasteiger charge is -2.19. The van der Waals surface area contributed by atoms with Gasteiger partial charge in [-0.05, 0) is 77.0 Å². The van der Waals surface area contributed by atoms with Crippen molar-refractivity contribution in [3.63, 3.8) is 0 Å². The molecule has 0 saturated carbocycles. The molecule has 43 heavy (non-hydrogen) atoms. The van der Waals surface area contributed by atoms with Crippen LogP contribution < -0.4 is 0 Å². The molecule has 0 aromatic carbocycles. The molecule has 0 aromatic heterocycles. The molecule has 0 fully saturated rings. The summed E-state index contributed by atoms with van der Waals surface area (Å²) in [7, 11) is 0. The number of unbranched alkanes of at least 4 members (excludes halogenated alkanes) is 18. The average molecular weight is 603 g/mol. The fraction of sp³-hybridized carbons (Fsp3) is 0.800. The van der Waals surface area contributed by atoms with Crippen LogP contribution in [0.15, 0.2) is 48.6 Å². The average Bonchev–Trinajstić information content (AvgIpc) is 3.01. The molecule has 0 aliphatic heterocycles. The van der Waals surface area contributed by atoms with Crippen molar-refractivity contribution in [3.05, 3.63) is 48.6 Å². The largest absolute Gasteiger partial charge is 0.381 e. The van der Waals surface area contributed by atoms with Gasteiger partial charge in [-0.3, -0.25) is 0 Å². The number of aliphatic hydroxyl groups is 1. The van der Waals surface area contributed by atoms with E-state index in [1.165, 1.54) is 128 Å². The van der Waals surface area contributed by atoms with Gasteiger partial charge in [0.15, 0.2) is 6.29 Å². The van der Waals surface area contributed by atoms with E-state index in [1.807, 2.05) is 6.92 Å². The van der Waals surface area contributed by atoms with Crippen LogP contribution in [-0.4, -0.2) is 31.2 Å². The predicted octanol–water partition coefficient (Wildman–Crippen LogP) is 12.6. The van der Waals surface area contributed by atoms with E-state index in [0.29, 0.717) is 13.2 Å². The summed E-state index contributed by atoms with van der Waals surface area (Å²) in [5, 5.41) is 10.3. The molecule has 252 valence electrons. The van der Waals surface area contributed by atoms with Crippen LogP contribution >= 0.6 is 0 Å². The summed E-state index contributed by atoms with van der Waals surface area (Å²) in [6, 6.07) is 0. The minimum absolute atomic E-state index is 0.0224. The molecule has 0 spiro atoms. The summed E-state index contributed by atoms with van der Waals surface area (Å²) in [5.41, 5.74) is 0. The van der Waals surface area contributed by atoms with Gasteiger partial charge < -0.3 is 14.6 Å². The SMILES string of the molecule is CCCCCC=CC/C=C\CCCCCCCCOC(O)C(C)COCCCCCCCC/C=C\C/C=C\CCCCC. The van der Waals surface area contributed by atoms with Crippen LogP contribution in [0.1, 0.15) is 175 Å². The highest BCUT2D eigenvalue weighted by molar-refractivity contribution is 4.93. The molecule has 0 saturated heterocycles. The number of aliphatic hydroxyl groups excluding tert-OH is 1. The smallest absolute Gasteiger partial charge is 0.159 e.